The number of aromatic nitrogens is 4. The Hall–Kier alpha value is -3.30. The molecule has 0 bridgehead atoms. The maximum Gasteiger partial charge on any atom is 0.268 e. The summed E-state index contributed by atoms with van der Waals surface area (Å²) in [6, 6.07) is 15.7. The van der Waals surface area contributed by atoms with Crippen molar-refractivity contribution in [2.45, 2.75) is 30.2 Å². The zero-order valence-corrected chi connectivity index (χ0v) is 19.1. The molecule has 0 amide bonds. The summed E-state index contributed by atoms with van der Waals surface area (Å²) in [6.07, 6.45) is 3.09. The summed E-state index contributed by atoms with van der Waals surface area (Å²) in [5, 5.41) is 10.6. The Morgan fingerprint density at radius 2 is 1.91 bits per heavy atom. The van der Waals surface area contributed by atoms with Gasteiger partial charge in [0.1, 0.15) is 4.83 Å². The Balaban J connectivity index is 1.40. The van der Waals surface area contributed by atoms with E-state index in [9.17, 15) is 4.79 Å². The third-order valence-corrected chi connectivity index (χ3v) is 8.44. The number of rotatable bonds is 4. The van der Waals surface area contributed by atoms with Gasteiger partial charge in [-0.25, -0.2) is 8.97 Å². The predicted octanol–water partition coefficient (Wildman–Crippen LogP) is 4.60. The first kappa shape index (κ1) is 19.2. The fourth-order valence-corrected chi connectivity index (χ4v) is 6.95. The van der Waals surface area contributed by atoms with Crippen LogP contribution in [-0.4, -0.2) is 26.0 Å². The number of benzene rings is 2. The molecule has 1 aliphatic carbocycles. The lowest BCUT2D eigenvalue weighted by molar-refractivity contribution is 0.174. The standard InChI is InChI=1S/C24H18N4O3S2/c29-21-20-16-7-4-8-19(16)33-22(20)28-23(27(21)15-5-2-1-3-6-15)25-26-24(28)32-12-14-9-10-17-18(11-14)31-13-30-17/h1-3,5-6,9-11H,4,7-8,12-13H2. The maximum atomic E-state index is 13.7. The minimum absolute atomic E-state index is 0.0113. The molecule has 0 spiro atoms. The fraction of sp³-hybridized carbons (Fsp3) is 0.208. The second-order valence-corrected chi connectivity index (χ2v) is 10.1. The van der Waals surface area contributed by atoms with Gasteiger partial charge < -0.3 is 9.47 Å². The molecular weight excluding hydrogens is 456 g/mol. The molecule has 4 heterocycles. The smallest absolute Gasteiger partial charge is 0.268 e. The first-order chi connectivity index (χ1) is 16.3. The van der Waals surface area contributed by atoms with Crippen LogP contribution in [0.25, 0.3) is 21.7 Å². The molecule has 5 aromatic rings. The van der Waals surface area contributed by atoms with Crippen LogP contribution in [-0.2, 0) is 18.6 Å². The second kappa shape index (κ2) is 7.36. The number of thioether (sulfide) groups is 1. The SMILES string of the molecule is O=c1c2c3c(sc2n2c(SCc4ccc5c(c4)OCO5)nnc2n1-c1ccccc1)CCC3. The van der Waals surface area contributed by atoms with Crippen LogP contribution in [0.3, 0.4) is 0 Å². The zero-order chi connectivity index (χ0) is 21.9. The number of nitrogens with zero attached hydrogens (tertiary/aromatic N) is 4. The summed E-state index contributed by atoms with van der Waals surface area (Å²) < 4.78 is 14.7. The van der Waals surface area contributed by atoms with Crippen LogP contribution in [0.1, 0.15) is 22.4 Å². The molecule has 0 saturated carbocycles. The Bertz CT molecular complexity index is 1600. The van der Waals surface area contributed by atoms with Crippen molar-refractivity contribution >= 4 is 39.1 Å². The van der Waals surface area contributed by atoms with Crippen LogP contribution in [0.15, 0.2) is 58.5 Å². The molecule has 3 aromatic heterocycles. The van der Waals surface area contributed by atoms with Gasteiger partial charge in [0.05, 0.1) is 11.1 Å². The lowest BCUT2D eigenvalue weighted by Gasteiger charge is -2.10. The normalized spacial score (nSPS) is 14.4. The van der Waals surface area contributed by atoms with Gasteiger partial charge in [0.2, 0.25) is 12.6 Å². The molecule has 0 atom stereocenters. The number of ether oxygens (including phenoxy) is 2. The third-order valence-electron chi connectivity index (χ3n) is 6.16. The molecule has 7 nitrogen and oxygen atoms in total. The van der Waals surface area contributed by atoms with Crippen molar-refractivity contribution in [1.29, 1.82) is 0 Å². The Morgan fingerprint density at radius 1 is 1.03 bits per heavy atom. The Kier molecular flexibility index (Phi) is 4.28. The van der Waals surface area contributed by atoms with Gasteiger partial charge in [0.15, 0.2) is 16.7 Å². The summed E-state index contributed by atoms with van der Waals surface area (Å²) in [7, 11) is 0. The predicted molar refractivity (Wildman–Crippen MR) is 128 cm³/mol. The summed E-state index contributed by atoms with van der Waals surface area (Å²) in [6.45, 7) is 0.263. The average Bonchev–Trinajstić information content (AvgIpc) is 3.61. The first-order valence-electron chi connectivity index (χ1n) is 10.8. The highest BCUT2D eigenvalue weighted by Crippen LogP contribution is 2.38. The molecule has 0 radical (unpaired) electrons. The summed E-state index contributed by atoms with van der Waals surface area (Å²) in [4.78, 5) is 16.0. The van der Waals surface area contributed by atoms with Crippen LogP contribution < -0.4 is 15.0 Å². The Labute approximate surface area is 196 Å². The number of hydrogen-bond acceptors (Lipinski definition) is 7. The van der Waals surface area contributed by atoms with E-state index in [4.69, 9.17) is 9.47 Å². The van der Waals surface area contributed by atoms with E-state index in [0.717, 1.165) is 57.4 Å². The minimum atomic E-state index is -0.0113. The van der Waals surface area contributed by atoms with E-state index in [0.29, 0.717) is 11.5 Å². The van der Waals surface area contributed by atoms with Crippen LogP contribution in [0, 0.1) is 0 Å². The van der Waals surface area contributed by atoms with E-state index < -0.39 is 0 Å². The average molecular weight is 475 g/mol. The van der Waals surface area contributed by atoms with Crippen molar-refractivity contribution in [3.05, 3.63) is 74.9 Å². The number of thiophene rings is 1. The van der Waals surface area contributed by atoms with Crippen molar-refractivity contribution in [2.75, 3.05) is 6.79 Å². The van der Waals surface area contributed by atoms with E-state index in [1.807, 2.05) is 48.5 Å². The van der Waals surface area contributed by atoms with Gasteiger partial charge in [0.25, 0.3) is 5.56 Å². The molecule has 0 N–H and O–H groups in total. The van der Waals surface area contributed by atoms with Gasteiger partial charge in [-0.3, -0.25) is 4.79 Å². The molecule has 0 unspecified atom stereocenters. The van der Waals surface area contributed by atoms with Gasteiger partial charge in [-0.2, -0.15) is 0 Å². The lowest BCUT2D eigenvalue weighted by Crippen LogP contribution is -2.21. The van der Waals surface area contributed by atoms with Crippen LogP contribution in [0.5, 0.6) is 11.5 Å². The van der Waals surface area contributed by atoms with Crippen LogP contribution in [0.4, 0.5) is 0 Å². The van der Waals surface area contributed by atoms with Crippen LogP contribution >= 0.6 is 23.1 Å². The summed E-state index contributed by atoms with van der Waals surface area (Å²) >= 11 is 3.32. The monoisotopic (exact) mass is 474 g/mol. The minimum Gasteiger partial charge on any atom is -0.454 e. The molecular formula is C24H18N4O3S2. The van der Waals surface area contributed by atoms with Crippen molar-refractivity contribution in [2.24, 2.45) is 0 Å². The second-order valence-electron chi connectivity index (χ2n) is 8.11. The van der Waals surface area contributed by atoms with Crippen molar-refractivity contribution in [3.8, 4) is 17.2 Å². The summed E-state index contributed by atoms with van der Waals surface area (Å²) in [5.41, 5.74) is 3.10. The molecule has 1 aliphatic heterocycles. The van der Waals surface area contributed by atoms with Gasteiger partial charge in [-0.15, -0.1) is 21.5 Å². The van der Waals surface area contributed by atoms with Gasteiger partial charge in [0, 0.05) is 10.6 Å². The number of hydrogen-bond donors (Lipinski definition) is 0. The maximum absolute atomic E-state index is 13.7. The first-order valence-corrected chi connectivity index (χ1v) is 12.6. The highest BCUT2D eigenvalue weighted by Gasteiger charge is 2.26. The van der Waals surface area contributed by atoms with Gasteiger partial charge >= 0.3 is 0 Å². The van der Waals surface area contributed by atoms with Crippen molar-refractivity contribution < 1.29 is 9.47 Å². The molecule has 0 fully saturated rings. The molecule has 2 aromatic carbocycles. The highest BCUT2D eigenvalue weighted by molar-refractivity contribution is 7.98. The van der Waals surface area contributed by atoms with E-state index in [-0.39, 0.29) is 12.4 Å². The largest absolute Gasteiger partial charge is 0.454 e. The van der Waals surface area contributed by atoms with E-state index in [1.165, 1.54) is 10.4 Å². The molecule has 0 saturated heterocycles. The van der Waals surface area contributed by atoms with E-state index >= 15 is 0 Å². The summed E-state index contributed by atoms with van der Waals surface area (Å²) in [5.74, 6) is 2.80. The number of fused-ring (bicyclic) bond motifs is 6. The highest BCUT2D eigenvalue weighted by atomic mass is 32.2. The van der Waals surface area contributed by atoms with Gasteiger partial charge in [-0.1, -0.05) is 36.0 Å². The lowest BCUT2D eigenvalue weighted by atomic mass is 10.2. The fourth-order valence-electron chi connectivity index (χ4n) is 4.64. The quantitative estimate of drug-likeness (QED) is 0.355. The van der Waals surface area contributed by atoms with Crippen molar-refractivity contribution in [3.63, 3.8) is 0 Å². The molecule has 7 rings (SSSR count). The molecule has 33 heavy (non-hydrogen) atoms. The molecule has 164 valence electrons. The van der Waals surface area contributed by atoms with Crippen LogP contribution in [0.2, 0.25) is 0 Å². The van der Waals surface area contributed by atoms with E-state index in [1.54, 1.807) is 27.7 Å². The third kappa shape index (κ3) is 2.92. The molecule has 2 aliphatic rings. The van der Waals surface area contributed by atoms with Crippen molar-refractivity contribution in [1.82, 2.24) is 19.2 Å². The topological polar surface area (TPSA) is 70.7 Å². The van der Waals surface area contributed by atoms with E-state index in [2.05, 4.69) is 14.6 Å². The molecule has 9 heteroatoms. The Morgan fingerprint density at radius 3 is 2.82 bits per heavy atom. The van der Waals surface area contributed by atoms with Gasteiger partial charge in [-0.05, 0) is 54.7 Å². The number of aryl methyl sites for hydroxylation is 2. The number of para-hydroxylation sites is 1. The zero-order valence-electron chi connectivity index (χ0n) is 17.5.